The van der Waals surface area contributed by atoms with Crippen LogP contribution in [0.25, 0.3) is 17.1 Å². The van der Waals surface area contributed by atoms with Gasteiger partial charge in [-0.05, 0) is 38.1 Å². The molecule has 0 saturated heterocycles. The van der Waals surface area contributed by atoms with Crippen LogP contribution in [0.1, 0.15) is 27.6 Å². The molecule has 0 aliphatic rings. The maximum absolute atomic E-state index is 12.4. The van der Waals surface area contributed by atoms with Crippen LogP contribution in [0.15, 0.2) is 59.1 Å². The van der Waals surface area contributed by atoms with Gasteiger partial charge in [0.05, 0.1) is 11.4 Å². The summed E-state index contributed by atoms with van der Waals surface area (Å²) in [5.74, 6) is 0.0515. The molecule has 2 aromatic heterocycles. The van der Waals surface area contributed by atoms with Crippen molar-refractivity contribution in [2.75, 3.05) is 0 Å². The van der Waals surface area contributed by atoms with E-state index in [-0.39, 0.29) is 18.1 Å². The quantitative estimate of drug-likeness (QED) is 0.494. The molecule has 4 aromatic rings. The van der Waals surface area contributed by atoms with Gasteiger partial charge in [-0.15, -0.1) is 5.10 Å². The number of carbonyl (C=O) groups is 1. The molecule has 2 aromatic carbocycles. The van der Waals surface area contributed by atoms with Gasteiger partial charge in [0.1, 0.15) is 0 Å². The molecular weight excluding hydrogens is 358 g/mol. The van der Waals surface area contributed by atoms with Gasteiger partial charge in [-0.3, -0.25) is 0 Å². The van der Waals surface area contributed by atoms with E-state index in [1.807, 2.05) is 61.5 Å². The molecule has 0 N–H and O–H groups in total. The zero-order chi connectivity index (χ0) is 19.5. The fourth-order valence-electron chi connectivity index (χ4n) is 2.57. The van der Waals surface area contributed by atoms with Crippen molar-refractivity contribution in [1.29, 1.82) is 0 Å². The van der Waals surface area contributed by atoms with Gasteiger partial charge in [0.2, 0.25) is 5.82 Å². The minimum absolute atomic E-state index is 0.119. The van der Waals surface area contributed by atoms with E-state index in [0.717, 1.165) is 16.8 Å². The van der Waals surface area contributed by atoms with Crippen molar-refractivity contribution in [1.82, 2.24) is 25.1 Å². The Morgan fingerprint density at radius 3 is 2.54 bits per heavy atom. The summed E-state index contributed by atoms with van der Waals surface area (Å²) in [6.07, 6.45) is 0. The summed E-state index contributed by atoms with van der Waals surface area (Å²) in [6, 6.07) is 17.0. The maximum atomic E-state index is 12.4. The minimum Gasteiger partial charge on any atom is -0.452 e. The maximum Gasteiger partial charge on any atom is 0.361 e. The Labute approximate surface area is 160 Å². The molecule has 0 radical (unpaired) electrons. The number of carbonyl (C=O) groups excluding carboxylic acids is 1. The highest BCUT2D eigenvalue weighted by Crippen LogP contribution is 2.18. The van der Waals surface area contributed by atoms with Gasteiger partial charge in [-0.1, -0.05) is 41.1 Å². The van der Waals surface area contributed by atoms with E-state index in [1.165, 1.54) is 4.80 Å². The summed E-state index contributed by atoms with van der Waals surface area (Å²) < 4.78 is 10.5. The molecule has 140 valence electrons. The van der Waals surface area contributed by atoms with E-state index < -0.39 is 5.97 Å². The van der Waals surface area contributed by atoms with Crippen LogP contribution < -0.4 is 0 Å². The van der Waals surface area contributed by atoms with Crippen molar-refractivity contribution in [2.45, 2.75) is 20.5 Å². The van der Waals surface area contributed by atoms with E-state index in [9.17, 15) is 4.79 Å². The predicted octanol–water partition coefficient (Wildman–Crippen LogP) is 3.29. The van der Waals surface area contributed by atoms with Crippen molar-refractivity contribution < 1.29 is 14.1 Å². The average Bonchev–Trinajstić information content (AvgIpc) is 3.34. The number of aryl methyl sites for hydroxylation is 2. The third kappa shape index (κ3) is 3.66. The number of hydrogen-bond donors (Lipinski definition) is 0. The van der Waals surface area contributed by atoms with E-state index in [0.29, 0.717) is 11.6 Å². The average molecular weight is 375 g/mol. The van der Waals surface area contributed by atoms with E-state index >= 15 is 0 Å². The van der Waals surface area contributed by atoms with Crippen LogP contribution in [0.5, 0.6) is 0 Å². The van der Waals surface area contributed by atoms with Crippen LogP contribution in [-0.2, 0) is 11.3 Å². The zero-order valence-electron chi connectivity index (χ0n) is 15.4. The van der Waals surface area contributed by atoms with Gasteiger partial charge in [0.15, 0.2) is 12.3 Å². The third-order valence-electron chi connectivity index (χ3n) is 4.06. The summed E-state index contributed by atoms with van der Waals surface area (Å²) in [6.45, 7) is 3.58. The molecular formula is C20H17N5O3. The Hall–Kier alpha value is -3.81. The number of esters is 1. The standard InChI is InChI=1S/C20H17N5O3/c1-13-8-10-15(11-9-13)19-21-17(24-28-19)12-27-20(26)18-14(2)22-25(23-18)16-6-4-3-5-7-16/h3-11H,12H2,1-2H3. The number of nitrogens with zero attached hydrogens (tertiary/aromatic N) is 5. The van der Waals surface area contributed by atoms with Gasteiger partial charge in [0.25, 0.3) is 5.89 Å². The number of para-hydroxylation sites is 1. The summed E-state index contributed by atoms with van der Waals surface area (Å²) in [7, 11) is 0. The summed E-state index contributed by atoms with van der Waals surface area (Å²) in [5, 5.41) is 12.3. The molecule has 0 atom stereocenters. The van der Waals surface area contributed by atoms with Crippen LogP contribution >= 0.6 is 0 Å². The van der Waals surface area contributed by atoms with Crippen LogP contribution in [0.2, 0.25) is 0 Å². The minimum atomic E-state index is -0.596. The van der Waals surface area contributed by atoms with Crippen molar-refractivity contribution in [2.24, 2.45) is 0 Å². The highest BCUT2D eigenvalue weighted by molar-refractivity contribution is 5.88. The summed E-state index contributed by atoms with van der Waals surface area (Å²) in [5.41, 5.74) is 3.31. The number of ether oxygens (including phenoxy) is 1. The summed E-state index contributed by atoms with van der Waals surface area (Å²) in [4.78, 5) is 18.0. The van der Waals surface area contributed by atoms with Crippen LogP contribution in [0.3, 0.4) is 0 Å². The van der Waals surface area contributed by atoms with Crippen molar-refractivity contribution >= 4 is 5.97 Å². The molecule has 28 heavy (non-hydrogen) atoms. The van der Waals surface area contributed by atoms with Crippen molar-refractivity contribution in [3.05, 3.63) is 77.4 Å². The molecule has 0 fully saturated rings. The van der Waals surface area contributed by atoms with Gasteiger partial charge >= 0.3 is 5.97 Å². The molecule has 0 amide bonds. The number of benzene rings is 2. The largest absolute Gasteiger partial charge is 0.452 e. The molecule has 0 bridgehead atoms. The van der Waals surface area contributed by atoms with Crippen molar-refractivity contribution in [3.8, 4) is 17.1 Å². The Kier molecular flexibility index (Phi) is 4.67. The Balaban J connectivity index is 1.44. The molecule has 4 rings (SSSR count). The third-order valence-corrected chi connectivity index (χ3v) is 4.06. The lowest BCUT2D eigenvalue weighted by Gasteiger charge is -1.99. The molecule has 8 nitrogen and oxygen atoms in total. The van der Waals surface area contributed by atoms with Crippen LogP contribution in [-0.4, -0.2) is 31.1 Å². The highest BCUT2D eigenvalue weighted by Gasteiger charge is 2.19. The second-order valence-corrected chi connectivity index (χ2v) is 6.22. The zero-order valence-corrected chi connectivity index (χ0v) is 15.4. The van der Waals surface area contributed by atoms with E-state index in [2.05, 4.69) is 20.3 Å². The SMILES string of the molecule is Cc1ccc(-c2nc(COC(=O)c3nn(-c4ccccc4)nc3C)no2)cc1. The monoisotopic (exact) mass is 375 g/mol. The lowest BCUT2D eigenvalue weighted by molar-refractivity contribution is 0.0451. The Morgan fingerprint density at radius 1 is 1.04 bits per heavy atom. The Bertz CT molecular complexity index is 1100. The lowest BCUT2D eigenvalue weighted by atomic mass is 10.1. The predicted molar refractivity (Wildman–Crippen MR) is 99.7 cm³/mol. The molecule has 0 aliphatic carbocycles. The number of aromatic nitrogens is 5. The molecule has 2 heterocycles. The first-order chi connectivity index (χ1) is 13.6. The Morgan fingerprint density at radius 2 is 1.79 bits per heavy atom. The first-order valence-corrected chi connectivity index (χ1v) is 8.66. The van der Waals surface area contributed by atoms with E-state index in [4.69, 9.17) is 9.26 Å². The molecule has 0 spiro atoms. The smallest absolute Gasteiger partial charge is 0.361 e. The fraction of sp³-hybridized carbons (Fsp3) is 0.150. The van der Waals surface area contributed by atoms with Crippen LogP contribution in [0, 0.1) is 13.8 Å². The van der Waals surface area contributed by atoms with Gasteiger partial charge < -0.3 is 9.26 Å². The number of rotatable bonds is 5. The normalized spacial score (nSPS) is 10.8. The topological polar surface area (TPSA) is 95.9 Å². The number of hydrogen-bond acceptors (Lipinski definition) is 7. The van der Waals surface area contributed by atoms with Crippen LogP contribution in [0.4, 0.5) is 0 Å². The first-order valence-electron chi connectivity index (χ1n) is 8.66. The molecule has 0 aliphatic heterocycles. The van der Waals surface area contributed by atoms with E-state index in [1.54, 1.807) is 6.92 Å². The molecule has 8 heteroatoms. The highest BCUT2D eigenvalue weighted by atomic mass is 16.5. The van der Waals surface area contributed by atoms with Gasteiger partial charge in [-0.2, -0.15) is 14.9 Å². The lowest BCUT2D eigenvalue weighted by Crippen LogP contribution is -2.09. The molecule has 0 saturated carbocycles. The summed E-state index contributed by atoms with van der Waals surface area (Å²) >= 11 is 0. The molecule has 0 unspecified atom stereocenters. The van der Waals surface area contributed by atoms with Crippen molar-refractivity contribution in [3.63, 3.8) is 0 Å². The van der Waals surface area contributed by atoms with Gasteiger partial charge in [0, 0.05) is 5.56 Å². The van der Waals surface area contributed by atoms with Gasteiger partial charge in [-0.25, -0.2) is 4.79 Å². The fourth-order valence-corrected chi connectivity index (χ4v) is 2.57. The first kappa shape index (κ1) is 17.6. The second kappa shape index (κ2) is 7.43. The second-order valence-electron chi connectivity index (χ2n) is 6.22.